The third-order valence-electron chi connectivity index (χ3n) is 1.27. The Labute approximate surface area is 73.6 Å². The Morgan fingerprint density at radius 3 is 2.85 bits per heavy atom. The molecule has 1 heterocycles. The standard InChI is InChI=1S/C8H8O5/c1-3-6-7(4-11-5(2)9)13-8(10)12-6/h3H,1,4H2,2H3. The highest BCUT2D eigenvalue weighted by atomic mass is 16.6. The average Bonchev–Trinajstić information content (AvgIpc) is 2.42. The third-order valence-corrected chi connectivity index (χ3v) is 1.27. The quantitative estimate of drug-likeness (QED) is 0.654. The molecular weight excluding hydrogens is 176 g/mol. The van der Waals surface area contributed by atoms with E-state index in [0.29, 0.717) is 0 Å². The minimum Gasteiger partial charge on any atom is -0.458 e. The van der Waals surface area contributed by atoms with Crippen molar-refractivity contribution >= 4 is 12.0 Å². The van der Waals surface area contributed by atoms with Crippen LogP contribution in [0.25, 0.3) is 6.08 Å². The summed E-state index contributed by atoms with van der Waals surface area (Å²) in [6.07, 6.45) is 1.31. The fourth-order valence-electron chi connectivity index (χ4n) is 0.742. The number of ether oxygens (including phenoxy) is 1. The fourth-order valence-corrected chi connectivity index (χ4v) is 0.742. The Balaban J connectivity index is 2.80. The first-order chi connectivity index (χ1) is 6.13. The van der Waals surface area contributed by atoms with Crippen molar-refractivity contribution in [3.8, 4) is 0 Å². The van der Waals surface area contributed by atoms with Crippen LogP contribution < -0.4 is 5.82 Å². The Hall–Kier alpha value is -1.78. The van der Waals surface area contributed by atoms with Crippen molar-refractivity contribution in [2.45, 2.75) is 13.5 Å². The predicted octanol–water partition coefficient (Wildman–Crippen LogP) is 0.939. The van der Waals surface area contributed by atoms with Gasteiger partial charge in [-0.15, -0.1) is 0 Å². The molecule has 13 heavy (non-hydrogen) atoms. The van der Waals surface area contributed by atoms with Gasteiger partial charge in [0.05, 0.1) is 0 Å². The normalized spacial score (nSPS) is 9.62. The number of esters is 1. The van der Waals surface area contributed by atoms with E-state index in [4.69, 9.17) is 0 Å². The summed E-state index contributed by atoms with van der Waals surface area (Å²) in [5, 5.41) is 0. The van der Waals surface area contributed by atoms with E-state index in [9.17, 15) is 9.59 Å². The number of rotatable bonds is 3. The third kappa shape index (κ3) is 2.33. The highest BCUT2D eigenvalue weighted by molar-refractivity contribution is 5.65. The van der Waals surface area contributed by atoms with Crippen LogP contribution in [0.1, 0.15) is 18.4 Å². The summed E-state index contributed by atoms with van der Waals surface area (Å²) in [5.74, 6) is -0.947. The summed E-state index contributed by atoms with van der Waals surface area (Å²) < 4.78 is 13.8. The molecule has 0 aliphatic heterocycles. The summed E-state index contributed by atoms with van der Waals surface area (Å²) >= 11 is 0. The van der Waals surface area contributed by atoms with E-state index in [1.807, 2.05) is 0 Å². The molecule has 0 saturated carbocycles. The molecule has 0 aliphatic carbocycles. The molecule has 0 bridgehead atoms. The lowest BCUT2D eigenvalue weighted by atomic mass is 10.4. The predicted molar refractivity (Wildman–Crippen MR) is 42.8 cm³/mol. The van der Waals surface area contributed by atoms with Gasteiger partial charge in [0, 0.05) is 6.92 Å². The first kappa shape index (κ1) is 9.31. The van der Waals surface area contributed by atoms with Gasteiger partial charge in [0.25, 0.3) is 0 Å². The number of hydrogen-bond acceptors (Lipinski definition) is 5. The summed E-state index contributed by atoms with van der Waals surface area (Å²) in [5.41, 5.74) is 0. The minimum atomic E-state index is -0.836. The van der Waals surface area contributed by atoms with Crippen molar-refractivity contribution in [2.24, 2.45) is 0 Å². The molecule has 5 heteroatoms. The molecule has 0 spiro atoms. The molecule has 0 radical (unpaired) electrons. The molecule has 0 unspecified atom stereocenters. The first-order valence-corrected chi connectivity index (χ1v) is 3.52. The van der Waals surface area contributed by atoms with Crippen molar-refractivity contribution in [3.63, 3.8) is 0 Å². The smallest absolute Gasteiger partial charge is 0.458 e. The molecule has 1 aromatic rings. The highest BCUT2D eigenvalue weighted by Crippen LogP contribution is 2.09. The molecular formula is C8H8O5. The van der Waals surface area contributed by atoms with E-state index < -0.39 is 11.8 Å². The van der Waals surface area contributed by atoms with Crippen LogP contribution in [0.15, 0.2) is 20.2 Å². The first-order valence-electron chi connectivity index (χ1n) is 3.52. The zero-order valence-corrected chi connectivity index (χ0v) is 7.03. The maximum atomic E-state index is 10.6. The van der Waals surface area contributed by atoms with Crippen molar-refractivity contribution in [2.75, 3.05) is 0 Å². The summed E-state index contributed by atoms with van der Waals surface area (Å²) in [6.45, 7) is 4.53. The van der Waals surface area contributed by atoms with Gasteiger partial charge in [0.2, 0.25) is 0 Å². The minimum absolute atomic E-state index is 0.123. The van der Waals surface area contributed by atoms with Crippen LogP contribution in [-0.2, 0) is 16.1 Å². The van der Waals surface area contributed by atoms with Crippen LogP contribution in [-0.4, -0.2) is 5.97 Å². The lowest BCUT2D eigenvalue weighted by molar-refractivity contribution is -0.142. The van der Waals surface area contributed by atoms with Crippen molar-refractivity contribution in [1.82, 2.24) is 0 Å². The Morgan fingerprint density at radius 2 is 2.31 bits per heavy atom. The molecule has 0 aromatic carbocycles. The zero-order chi connectivity index (χ0) is 9.84. The molecule has 0 fully saturated rings. The zero-order valence-electron chi connectivity index (χ0n) is 7.03. The van der Waals surface area contributed by atoms with Gasteiger partial charge in [-0.1, -0.05) is 6.58 Å². The lowest BCUT2D eigenvalue weighted by Crippen LogP contribution is -1.99. The highest BCUT2D eigenvalue weighted by Gasteiger charge is 2.10. The molecule has 70 valence electrons. The van der Waals surface area contributed by atoms with Crippen molar-refractivity contribution in [3.05, 3.63) is 28.7 Å². The average molecular weight is 184 g/mol. The molecule has 0 N–H and O–H groups in total. The molecule has 1 aromatic heterocycles. The SMILES string of the molecule is C=Cc1oc(=O)oc1COC(C)=O. The van der Waals surface area contributed by atoms with Crippen LogP contribution in [0.2, 0.25) is 0 Å². The summed E-state index contributed by atoms with van der Waals surface area (Å²) in [4.78, 5) is 21.0. The van der Waals surface area contributed by atoms with E-state index in [2.05, 4.69) is 20.2 Å². The number of carbonyl (C=O) groups is 1. The van der Waals surface area contributed by atoms with E-state index in [1.165, 1.54) is 13.0 Å². The van der Waals surface area contributed by atoms with Crippen LogP contribution >= 0.6 is 0 Å². The Bertz CT molecular complexity index is 370. The van der Waals surface area contributed by atoms with Gasteiger partial charge in [-0.25, -0.2) is 4.79 Å². The summed E-state index contributed by atoms with van der Waals surface area (Å²) in [6, 6.07) is 0. The van der Waals surface area contributed by atoms with Gasteiger partial charge in [0.15, 0.2) is 18.1 Å². The Kier molecular flexibility index (Phi) is 2.69. The Morgan fingerprint density at radius 1 is 1.62 bits per heavy atom. The van der Waals surface area contributed by atoms with Crippen LogP contribution in [0.5, 0.6) is 0 Å². The summed E-state index contributed by atoms with van der Waals surface area (Å²) in [7, 11) is 0. The van der Waals surface area contributed by atoms with Crippen LogP contribution in [0.4, 0.5) is 0 Å². The fraction of sp³-hybridized carbons (Fsp3) is 0.250. The van der Waals surface area contributed by atoms with Gasteiger partial charge < -0.3 is 13.6 Å². The monoisotopic (exact) mass is 184 g/mol. The maximum absolute atomic E-state index is 10.6. The number of hydrogen-bond donors (Lipinski definition) is 0. The van der Waals surface area contributed by atoms with Gasteiger partial charge in [-0.3, -0.25) is 4.79 Å². The molecule has 1 rings (SSSR count). The van der Waals surface area contributed by atoms with E-state index >= 15 is 0 Å². The second-order valence-corrected chi connectivity index (χ2v) is 2.23. The van der Waals surface area contributed by atoms with Crippen LogP contribution in [0.3, 0.4) is 0 Å². The van der Waals surface area contributed by atoms with Gasteiger partial charge >= 0.3 is 11.8 Å². The van der Waals surface area contributed by atoms with Crippen LogP contribution in [0, 0.1) is 0 Å². The number of carbonyl (C=O) groups excluding carboxylic acids is 1. The van der Waals surface area contributed by atoms with Crippen molar-refractivity contribution in [1.29, 1.82) is 0 Å². The maximum Gasteiger partial charge on any atom is 0.519 e. The molecule has 0 atom stereocenters. The largest absolute Gasteiger partial charge is 0.519 e. The van der Waals surface area contributed by atoms with Crippen molar-refractivity contribution < 1.29 is 18.4 Å². The second-order valence-electron chi connectivity index (χ2n) is 2.23. The lowest BCUT2D eigenvalue weighted by Gasteiger charge is -1.96. The van der Waals surface area contributed by atoms with Gasteiger partial charge in [0.1, 0.15) is 0 Å². The van der Waals surface area contributed by atoms with E-state index in [-0.39, 0.29) is 18.1 Å². The van der Waals surface area contributed by atoms with E-state index in [0.717, 1.165) is 0 Å². The van der Waals surface area contributed by atoms with Gasteiger partial charge in [-0.2, -0.15) is 0 Å². The topological polar surface area (TPSA) is 69.7 Å². The molecule has 0 aliphatic rings. The molecule has 0 amide bonds. The molecule has 0 saturated heterocycles. The second kappa shape index (κ2) is 3.75. The van der Waals surface area contributed by atoms with Gasteiger partial charge in [-0.05, 0) is 6.08 Å². The van der Waals surface area contributed by atoms with E-state index in [1.54, 1.807) is 0 Å². The molecule has 5 nitrogen and oxygen atoms in total.